The fourth-order valence-electron chi connectivity index (χ4n) is 4.14. The number of rotatable bonds is 5. The first kappa shape index (κ1) is 19.1. The minimum Gasteiger partial charge on any atom is -0.303 e. The largest absolute Gasteiger partial charge is 0.303 e. The standard InChI is InChI=1S/C20H29N3O2S/c1-15-12-16(2)14-23(13-15)11-7-10-21-20-17(3)19(26(24,25)22-20)18-8-5-4-6-9-18/h4-6,8-9,15-16H,7,10-14H2,1-3H3,(H,21,22). The van der Waals surface area contributed by atoms with Gasteiger partial charge in [-0.3, -0.25) is 9.71 Å². The van der Waals surface area contributed by atoms with Crippen LogP contribution in [0.1, 0.15) is 39.2 Å². The highest BCUT2D eigenvalue weighted by Crippen LogP contribution is 2.29. The molecule has 2 unspecified atom stereocenters. The van der Waals surface area contributed by atoms with Crippen molar-refractivity contribution in [3.63, 3.8) is 0 Å². The maximum absolute atomic E-state index is 12.5. The molecule has 0 bridgehead atoms. The lowest BCUT2D eigenvalue weighted by Crippen LogP contribution is -2.39. The molecule has 2 aliphatic heterocycles. The number of nitrogens with one attached hydrogen (secondary N) is 1. The van der Waals surface area contributed by atoms with Crippen LogP contribution in [-0.4, -0.2) is 45.3 Å². The van der Waals surface area contributed by atoms with E-state index < -0.39 is 10.0 Å². The van der Waals surface area contributed by atoms with Crippen LogP contribution < -0.4 is 4.72 Å². The lowest BCUT2D eigenvalue weighted by Gasteiger charge is -2.34. The Morgan fingerprint density at radius 1 is 1.15 bits per heavy atom. The molecular weight excluding hydrogens is 346 g/mol. The van der Waals surface area contributed by atoms with Crippen LogP contribution in [-0.2, 0) is 10.0 Å². The predicted molar refractivity (Wildman–Crippen MR) is 107 cm³/mol. The highest BCUT2D eigenvalue weighted by molar-refractivity contribution is 8.00. The molecule has 5 nitrogen and oxygen atoms in total. The molecule has 2 heterocycles. The van der Waals surface area contributed by atoms with E-state index >= 15 is 0 Å². The van der Waals surface area contributed by atoms with E-state index in [1.165, 1.54) is 6.42 Å². The van der Waals surface area contributed by atoms with Crippen molar-refractivity contribution in [2.24, 2.45) is 16.8 Å². The molecule has 1 fully saturated rings. The van der Waals surface area contributed by atoms with Crippen LogP contribution in [0.5, 0.6) is 0 Å². The molecule has 26 heavy (non-hydrogen) atoms. The van der Waals surface area contributed by atoms with Crippen LogP contribution >= 0.6 is 0 Å². The number of piperidine rings is 1. The molecule has 1 aromatic rings. The lowest BCUT2D eigenvalue weighted by atomic mass is 9.92. The summed E-state index contributed by atoms with van der Waals surface area (Å²) in [6.45, 7) is 10.4. The molecule has 1 aromatic carbocycles. The second-order valence-corrected chi connectivity index (χ2v) is 9.33. The zero-order chi connectivity index (χ0) is 18.7. The van der Waals surface area contributed by atoms with E-state index in [2.05, 4.69) is 28.5 Å². The number of likely N-dealkylation sites (tertiary alicyclic amines) is 1. The van der Waals surface area contributed by atoms with Crippen LogP contribution in [0.2, 0.25) is 0 Å². The Balaban J connectivity index is 1.64. The molecule has 0 aliphatic carbocycles. The van der Waals surface area contributed by atoms with Gasteiger partial charge in [0.2, 0.25) is 0 Å². The SMILES string of the molecule is CC1=C(c2ccccc2)S(=O)(=O)NC1=NCCCN1CC(C)CC(C)C1. The maximum atomic E-state index is 12.5. The summed E-state index contributed by atoms with van der Waals surface area (Å²) < 4.78 is 27.6. The van der Waals surface area contributed by atoms with E-state index in [1.54, 1.807) is 0 Å². The minimum atomic E-state index is -3.52. The fraction of sp³-hybridized carbons (Fsp3) is 0.550. The van der Waals surface area contributed by atoms with Gasteiger partial charge in [0.1, 0.15) is 10.7 Å². The van der Waals surface area contributed by atoms with E-state index in [4.69, 9.17) is 0 Å². The number of benzene rings is 1. The first-order valence-electron chi connectivity index (χ1n) is 9.43. The van der Waals surface area contributed by atoms with Crippen molar-refractivity contribution in [3.8, 4) is 0 Å². The smallest absolute Gasteiger partial charge is 0.264 e. The molecule has 0 saturated carbocycles. The van der Waals surface area contributed by atoms with Crippen LogP contribution in [0.25, 0.3) is 4.91 Å². The number of sulfonamides is 1. The minimum absolute atomic E-state index is 0.343. The highest BCUT2D eigenvalue weighted by atomic mass is 32.2. The third-order valence-electron chi connectivity index (χ3n) is 5.08. The predicted octanol–water partition coefficient (Wildman–Crippen LogP) is 3.12. The van der Waals surface area contributed by atoms with E-state index in [9.17, 15) is 8.42 Å². The Morgan fingerprint density at radius 3 is 2.46 bits per heavy atom. The van der Waals surface area contributed by atoms with Gasteiger partial charge in [0.05, 0.1) is 0 Å². The third-order valence-corrected chi connectivity index (χ3v) is 6.62. The summed E-state index contributed by atoms with van der Waals surface area (Å²) in [6.07, 6.45) is 2.26. The second-order valence-electron chi connectivity index (χ2n) is 7.72. The van der Waals surface area contributed by atoms with Gasteiger partial charge in [-0.05, 0) is 43.7 Å². The summed E-state index contributed by atoms with van der Waals surface area (Å²) in [5.41, 5.74) is 1.41. The summed E-state index contributed by atoms with van der Waals surface area (Å²) in [4.78, 5) is 7.39. The van der Waals surface area contributed by atoms with Gasteiger partial charge >= 0.3 is 0 Å². The molecule has 2 atom stereocenters. The number of aliphatic imine (C=N–C) groups is 1. The van der Waals surface area contributed by atoms with E-state index in [0.717, 1.165) is 37.9 Å². The average Bonchev–Trinajstić information content (AvgIpc) is 2.80. The Labute approximate surface area is 157 Å². The number of amidine groups is 1. The summed E-state index contributed by atoms with van der Waals surface area (Å²) in [7, 11) is -3.52. The maximum Gasteiger partial charge on any atom is 0.264 e. The lowest BCUT2D eigenvalue weighted by molar-refractivity contribution is 0.140. The highest BCUT2D eigenvalue weighted by Gasteiger charge is 2.32. The number of hydrogen-bond donors (Lipinski definition) is 1. The van der Waals surface area contributed by atoms with Crippen LogP contribution in [0.3, 0.4) is 0 Å². The summed E-state index contributed by atoms with van der Waals surface area (Å²) in [5, 5.41) is 0. The molecule has 0 aromatic heterocycles. The van der Waals surface area contributed by atoms with Gasteiger partial charge in [0.15, 0.2) is 0 Å². The van der Waals surface area contributed by atoms with Crippen LogP contribution in [0.15, 0.2) is 40.9 Å². The zero-order valence-electron chi connectivity index (χ0n) is 15.9. The number of hydrogen-bond acceptors (Lipinski definition) is 4. The number of nitrogens with zero attached hydrogens (tertiary/aromatic N) is 2. The van der Waals surface area contributed by atoms with E-state index in [1.807, 2.05) is 37.3 Å². The molecule has 1 saturated heterocycles. The van der Waals surface area contributed by atoms with Crippen LogP contribution in [0, 0.1) is 11.8 Å². The quantitative estimate of drug-likeness (QED) is 0.805. The monoisotopic (exact) mass is 375 g/mol. The van der Waals surface area contributed by atoms with Crippen LogP contribution in [0.4, 0.5) is 0 Å². The van der Waals surface area contributed by atoms with Crippen molar-refractivity contribution >= 4 is 20.8 Å². The molecular formula is C20H29N3O2S. The van der Waals surface area contributed by atoms with Crippen molar-refractivity contribution in [2.75, 3.05) is 26.2 Å². The van der Waals surface area contributed by atoms with Gasteiger partial charge in [-0.1, -0.05) is 44.2 Å². The van der Waals surface area contributed by atoms with E-state index in [0.29, 0.717) is 28.4 Å². The molecule has 0 amide bonds. The van der Waals surface area contributed by atoms with Gasteiger partial charge < -0.3 is 4.90 Å². The second kappa shape index (κ2) is 7.92. The van der Waals surface area contributed by atoms with Gasteiger partial charge in [-0.25, -0.2) is 8.42 Å². The topological polar surface area (TPSA) is 61.8 Å². The summed E-state index contributed by atoms with van der Waals surface area (Å²) in [5.74, 6) is 2.00. The fourth-order valence-corrected chi connectivity index (χ4v) is 5.66. The average molecular weight is 376 g/mol. The molecule has 0 radical (unpaired) electrons. The molecule has 6 heteroatoms. The molecule has 2 aliphatic rings. The summed E-state index contributed by atoms with van der Waals surface area (Å²) >= 11 is 0. The van der Waals surface area contributed by atoms with Gasteiger partial charge in [-0.2, -0.15) is 0 Å². The Bertz CT molecular complexity index is 790. The van der Waals surface area contributed by atoms with Crippen molar-refractivity contribution < 1.29 is 8.42 Å². The van der Waals surface area contributed by atoms with Gasteiger partial charge in [0, 0.05) is 25.2 Å². The van der Waals surface area contributed by atoms with Crippen molar-refractivity contribution in [2.45, 2.75) is 33.6 Å². The van der Waals surface area contributed by atoms with Crippen molar-refractivity contribution in [1.82, 2.24) is 9.62 Å². The molecule has 3 rings (SSSR count). The van der Waals surface area contributed by atoms with E-state index in [-0.39, 0.29) is 0 Å². The molecule has 0 spiro atoms. The third kappa shape index (κ3) is 4.35. The Hall–Kier alpha value is -1.66. The first-order chi connectivity index (χ1) is 12.4. The summed E-state index contributed by atoms with van der Waals surface area (Å²) in [6, 6.07) is 9.22. The zero-order valence-corrected chi connectivity index (χ0v) is 16.7. The van der Waals surface area contributed by atoms with Crippen molar-refractivity contribution in [1.29, 1.82) is 0 Å². The normalized spacial score (nSPS) is 27.7. The first-order valence-corrected chi connectivity index (χ1v) is 10.9. The molecule has 142 valence electrons. The van der Waals surface area contributed by atoms with Gasteiger partial charge in [-0.15, -0.1) is 0 Å². The Morgan fingerprint density at radius 2 is 1.81 bits per heavy atom. The van der Waals surface area contributed by atoms with Crippen molar-refractivity contribution in [3.05, 3.63) is 41.5 Å². The molecule has 1 N–H and O–H groups in total. The Kier molecular flexibility index (Phi) is 5.82. The van der Waals surface area contributed by atoms with Gasteiger partial charge in [0.25, 0.3) is 10.0 Å².